The fraction of sp³-hybridized carbons (Fsp3) is 0.250. The minimum absolute atomic E-state index is 0.00459. The number of rotatable bonds is 4. The van der Waals surface area contributed by atoms with Crippen molar-refractivity contribution in [3.05, 3.63) is 59.3 Å². The number of allylic oxidation sites excluding steroid dienone is 1. The summed E-state index contributed by atoms with van der Waals surface area (Å²) in [6, 6.07) is 3.90. The van der Waals surface area contributed by atoms with E-state index in [-0.39, 0.29) is 22.9 Å². The normalized spacial score (nSPS) is 17.8. The molecule has 0 unspecified atom stereocenters. The predicted molar refractivity (Wildman–Crippen MR) is 86.9 cm³/mol. The third kappa shape index (κ3) is 3.94. The summed E-state index contributed by atoms with van der Waals surface area (Å²) in [4.78, 5) is 12.3. The van der Waals surface area contributed by atoms with Crippen molar-refractivity contribution in [1.29, 1.82) is 0 Å². The number of hydrogen-bond acceptors (Lipinski definition) is 3. The van der Waals surface area contributed by atoms with Crippen molar-refractivity contribution in [1.82, 2.24) is 10.6 Å². The van der Waals surface area contributed by atoms with E-state index in [4.69, 9.17) is 17.0 Å². The summed E-state index contributed by atoms with van der Waals surface area (Å²) >= 11 is 5.05. The summed E-state index contributed by atoms with van der Waals surface area (Å²) in [7, 11) is 0. The Labute approximate surface area is 142 Å². The van der Waals surface area contributed by atoms with Crippen molar-refractivity contribution in [2.45, 2.75) is 19.1 Å². The molecule has 0 spiro atoms. The van der Waals surface area contributed by atoms with Crippen molar-refractivity contribution < 1.29 is 22.7 Å². The van der Waals surface area contributed by atoms with E-state index >= 15 is 0 Å². The monoisotopic (exact) mass is 356 g/mol. The summed E-state index contributed by atoms with van der Waals surface area (Å²) in [6.45, 7) is 5.06. The highest BCUT2D eigenvalue weighted by molar-refractivity contribution is 7.80. The molecule has 0 bridgehead atoms. The maximum atomic E-state index is 12.9. The molecule has 0 aliphatic carbocycles. The van der Waals surface area contributed by atoms with Gasteiger partial charge < -0.3 is 15.4 Å². The van der Waals surface area contributed by atoms with Crippen molar-refractivity contribution in [2.24, 2.45) is 0 Å². The first-order chi connectivity index (χ1) is 11.2. The number of ether oxygens (including phenoxy) is 1. The summed E-state index contributed by atoms with van der Waals surface area (Å²) in [5.41, 5.74) is 0.0567. The molecule has 1 aliphatic heterocycles. The van der Waals surface area contributed by atoms with Crippen molar-refractivity contribution in [3.63, 3.8) is 0 Å². The van der Waals surface area contributed by atoms with Gasteiger partial charge in [-0.1, -0.05) is 24.8 Å². The lowest BCUT2D eigenvalue weighted by molar-refractivity contribution is -0.138. The molecule has 0 radical (unpaired) electrons. The van der Waals surface area contributed by atoms with Crippen molar-refractivity contribution >= 4 is 23.3 Å². The van der Waals surface area contributed by atoms with Crippen LogP contribution in [0.15, 0.2) is 48.2 Å². The minimum atomic E-state index is -4.48. The number of carbonyl (C=O) groups is 1. The van der Waals surface area contributed by atoms with Gasteiger partial charge in [-0.3, -0.25) is 0 Å². The Balaban J connectivity index is 2.45. The van der Waals surface area contributed by atoms with E-state index < -0.39 is 23.8 Å². The van der Waals surface area contributed by atoms with E-state index in [0.29, 0.717) is 5.70 Å². The standard InChI is InChI=1S/C16H15F3N2O2S/c1-3-7-23-14(22)12-9(2)20-15(24)21-13(12)10-5-4-6-11(8-10)16(17,18)19/h3-6,8,13H,1,7H2,2H3,(H2,20,21,24)/t13-/m1/s1. The topological polar surface area (TPSA) is 50.4 Å². The molecule has 1 heterocycles. The van der Waals surface area contributed by atoms with Crippen LogP contribution in [-0.2, 0) is 15.7 Å². The van der Waals surface area contributed by atoms with Gasteiger partial charge in [0.15, 0.2) is 5.11 Å². The van der Waals surface area contributed by atoms with Crippen LogP contribution in [0.2, 0.25) is 0 Å². The van der Waals surface area contributed by atoms with E-state index in [1.807, 2.05) is 0 Å². The lowest BCUT2D eigenvalue weighted by atomic mass is 9.94. The number of nitrogens with one attached hydrogen (secondary N) is 2. The largest absolute Gasteiger partial charge is 0.458 e. The average Bonchev–Trinajstić information content (AvgIpc) is 2.51. The summed E-state index contributed by atoms with van der Waals surface area (Å²) in [5.74, 6) is -0.655. The lowest BCUT2D eigenvalue weighted by Gasteiger charge is -2.30. The Morgan fingerprint density at radius 2 is 2.17 bits per heavy atom. The third-order valence-electron chi connectivity index (χ3n) is 3.37. The molecule has 1 aromatic carbocycles. The molecule has 0 saturated heterocycles. The molecule has 0 fully saturated rings. The van der Waals surface area contributed by atoms with Gasteiger partial charge >= 0.3 is 12.1 Å². The first kappa shape index (κ1) is 18.0. The number of carbonyl (C=O) groups excluding carboxylic acids is 1. The predicted octanol–water partition coefficient (Wildman–Crippen LogP) is 3.23. The molecule has 24 heavy (non-hydrogen) atoms. The van der Waals surface area contributed by atoms with Crippen LogP contribution in [0.5, 0.6) is 0 Å². The van der Waals surface area contributed by atoms with Gasteiger partial charge in [0.25, 0.3) is 0 Å². The molecular weight excluding hydrogens is 341 g/mol. The minimum Gasteiger partial charge on any atom is -0.458 e. The Morgan fingerprint density at radius 1 is 1.46 bits per heavy atom. The number of benzene rings is 1. The highest BCUT2D eigenvalue weighted by Gasteiger charge is 2.34. The van der Waals surface area contributed by atoms with Crippen LogP contribution in [0.3, 0.4) is 0 Å². The van der Waals surface area contributed by atoms with E-state index in [0.717, 1.165) is 12.1 Å². The van der Waals surface area contributed by atoms with Gasteiger partial charge in [-0.15, -0.1) is 0 Å². The zero-order valence-electron chi connectivity index (χ0n) is 12.7. The van der Waals surface area contributed by atoms with Gasteiger partial charge in [-0.05, 0) is 36.8 Å². The van der Waals surface area contributed by atoms with E-state index in [1.54, 1.807) is 6.92 Å². The van der Waals surface area contributed by atoms with Crippen LogP contribution in [0.25, 0.3) is 0 Å². The van der Waals surface area contributed by atoms with E-state index in [2.05, 4.69) is 17.2 Å². The molecule has 1 atom stereocenters. The van der Waals surface area contributed by atoms with Crippen molar-refractivity contribution in [3.8, 4) is 0 Å². The first-order valence-corrected chi connectivity index (χ1v) is 7.38. The number of thiocarbonyl (C=S) groups is 1. The van der Waals surface area contributed by atoms with Gasteiger partial charge in [0, 0.05) is 5.70 Å². The van der Waals surface area contributed by atoms with Gasteiger partial charge in [-0.25, -0.2) is 4.79 Å². The first-order valence-electron chi connectivity index (χ1n) is 6.97. The van der Waals surface area contributed by atoms with E-state index in [9.17, 15) is 18.0 Å². The van der Waals surface area contributed by atoms with Crippen LogP contribution < -0.4 is 10.6 Å². The summed E-state index contributed by atoms with van der Waals surface area (Å²) < 4.78 is 43.8. The quantitative estimate of drug-likeness (QED) is 0.493. The molecule has 128 valence electrons. The van der Waals surface area contributed by atoms with E-state index in [1.165, 1.54) is 18.2 Å². The molecule has 8 heteroatoms. The van der Waals surface area contributed by atoms with Crippen LogP contribution in [-0.4, -0.2) is 17.7 Å². The third-order valence-corrected chi connectivity index (χ3v) is 3.59. The van der Waals surface area contributed by atoms with Crippen LogP contribution in [0.1, 0.15) is 24.1 Å². The van der Waals surface area contributed by atoms with Gasteiger partial charge in [-0.2, -0.15) is 13.2 Å². The molecule has 1 aliphatic rings. The molecule has 4 nitrogen and oxygen atoms in total. The Morgan fingerprint density at radius 3 is 2.79 bits per heavy atom. The number of halogens is 3. The molecular formula is C16H15F3N2O2S. The Hall–Kier alpha value is -2.35. The smallest absolute Gasteiger partial charge is 0.416 e. The molecule has 0 amide bonds. The number of hydrogen-bond donors (Lipinski definition) is 2. The highest BCUT2D eigenvalue weighted by Crippen LogP contribution is 2.33. The maximum Gasteiger partial charge on any atom is 0.416 e. The van der Waals surface area contributed by atoms with Gasteiger partial charge in [0.05, 0.1) is 17.2 Å². The Kier molecular flexibility index (Phi) is 5.28. The molecule has 2 N–H and O–H groups in total. The maximum absolute atomic E-state index is 12.9. The fourth-order valence-electron chi connectivity index (χ4n) is 2.32. The molecule has 2 rings (SSSR count). The molecule has 0 aromatic heterocycles. The van der Waals surface area contributed by atoms with Gasteiger partial charge in [0.1, 0.15) is 6.61 Å². The second kappa shape index (κ2) is 7.04. The van der Waals surface area contributed by atoms with Crippen LogP contribution >= 0.6 is 12.2 Å². The molecule has 0 saturated carbocycles. The lowest BCUT2D eigenvalue weighted by Crippen LogP contribution is -2.45. The zero-order valence-corrected chi connectivity index (χ0v) is 13.6. The zero-order chi connectivity index (χ0) is 17.9. The number of alkyl halides is 3. The second-order valence-electron chi connectivity index (χ2n) is 5.08. The highest BCUT2D eigenvalue weighted by atomic mass is 32.1. The second-order valence-corrected chi connectivity index (χ2v) is 5.49. The molecule has 1 aromatic rings. The average molecular weight is 356 g/mol. The van der Waals surface area contributed by atoms with Gasteiger partial charge in [0.2, 0.25) is 0 Å². The van der Waals surface area contributed by atoms with Crippen molar-refractivity contribution in [2.75, 3.05) is 6.61 Å². The van der Waals surface area contributed by atoms with Crippen LogP contribution in [0, 0.1) is 0 Å². The fourth-order valence-corrected chi connectivity index (χ4v) is 2.59. The Bertz CT molecular complexity index is 714. The summed E-state index contributed by atoms with van der Waals surface area (Å²) in [5, 5.41) is 5.82. The summed E-state index contributed by atoms with van der Waals surface area (Å²) in [6.07, 6.45) is -3.08. The van der Waals surface area contributed by atoms with Crippen LogP contribution in [0.4, 0.5) is 13.2 Å². The SMILES string of the molecule is C=CCOC(=O)C1=C(C)NC(=S)N[C@@H]1c1cccc(C(F)(F)F)c1. The number of esters is 1.